The molecule has 0 heterocycles. The first-order valence-corrected chi connectivity index (χ1v) is 7.64. The van der Waals surface area contributed by atoms with Crippen molar-refractivity contribution in [3.05, 3.63) is 63.6 Å². The lowest BCUT2D eigenvalue weighted by atomic mass is 9.87. The standard InChI is InChI=1S/C17H18BrN/c1-12-6-2-3-10-15(12)19-16-11-5-8-13-7-4-9-14(18)17(13)16/h2-4,6-7,9-10,16,19H,5,8,11H2,1H3. The third-order valence-corrected chi connectivity index (χ3v) is 4.60. The first-order chi connectivity index (χ1) is 9.25. The molecule has 2 aromatic carbocycles. The SMILES string of the molecule is Cc1ccccc1NC1CCCc2cccc(Br)c21. The minimum Gasteiger partial charge on any atom is -0.378 e. The van der Waals surface area contributed by atoms with Gasteiger partial charge in [0.05, 0.1) is 6.04 Å². The van der Waals surface area contributed by atoms with Gasteiger partial charge in [-0.1, -0.05) is 46.3 Å². The van der Waals surface area contributed by atoms with Crippen LogP contribution in [0.2, 0.25) is 0 Å². The Kier molecular flexibility index (Phi) is 3.61. The molecule has 0 saturated carbocycles. The Labute approximate surface area is 123 Å². The second-order valence-electron chi connectivity index (χ2n) is 5.22. The van der Waals surface area contributed by atoms with Gasteiger partial charge in [-0.25, -0.2) is 0 Å². The van der Waals surface area contributed by atoms with Crippen molar-refractivity contribution in [2.24, 2.45) is 0 Å². The van der Waals surface area contributed by atoms with Gasteiger partial charge in [0, 0.05) is 10.2 Å². The molecule has 1 aliphatic carbocycles. The quantitative estimate of drug-likeness (QED) is 0.798. The van der Waals surface area contributed by atoms with Crippen LogP contribution in [0.4, 0.5) is 5.69 Å². The van der Waals surface area contributed by atoms with E-state index in [0.717, 1.165) is 0 Å². The van der Waals surface area contributed by atoms with Gasteiger partial charge in [-0.05, 0) is 55.0 Å². The Morgan fingerprint density at radius 2 is 1.95 bits per heavy atom. The van der Waals surface area contributed by atoms with Crippen molar-refractivity contribution in [3.8, 4) is 0 Å². The maximum atomic E-state index is 3.72. The molecule has 0 spiro atoms. The molecule has 0 bridgehead atoms. The van der Waals surface area contributed by atoms with Crippen LogP contribution in [0.15, 0.2) is 46.9 Å². The van der Waals surface area contributed by atoms with Crippen LogP contribution in [0.1, 0.15) is 35.6 Å². The molecule has 98 valence electrons. The third kappa shape index (κ3) is 2.55. The van der Waals surface area contributed by atoms with E-state index in [9.17, 15) is 0 Å². The third-order valence-electron chi connectivity index (χ3n) is 3.91. The largest absolute Gasteiger partial charge is 0.378 e. The van der Waals surface area contributed by atoms with Crippen molar-refractivity contribution in [3.63, 3.8) is 0 Å². The normalized spacial score (nSPS) is 17.9. The predicted molar refractivity (Wildman–Crippen MR) is 84.6 cm³/mol. The van der Waals surface area contributed by atoms with Crippen LogP contribution in [0.5, 0.6) is 0 Å². The number of fused-ring (bicyclic) bond motifs is 1. The van der Waals surface area contributed by atoms with Gasteiger partial charge in [0.2, 0.25) is 0 Å². The van der Waals surface area contributed by atoms with E-state index in [1.807, 2.05) is 0 Å². The van der Waals surface area contributed by atoms with Crippen LogP contribution in [0.25, 0.3) is 0 Å². The fourth-order valence-corrected chi connectivity index (χ4v) is 3.58. The van der Waals surface area contributed by atoms with Crippen molar-refractivity contribution in [1.29, 1.82) is 0 Å². The molecule has 19 heavy (non-hydrogen) atoms. The Bertz CT molecular complexity index is 592. The topological polar surface area (TPSA) is 12.0 Å². The number of anilines is 1. The van der Waals surface area contributed by atoms with E-state index in [-0.39, 0.29) is 0 Å². The zero-order chi connectivity index (χ0) is 13.2. The number of benzene rings is 2. The number of hydrogen-bond donors (Lipinski definition) is 1. The molecule has 0 saturated heterocycles. The summed E-state index contributed by atoms with van der Waals surface area (Å²) in [5.41, 5.74) is 5.47. The van der Waals surface area contributed by atoms with Crippen LogP contribution >= 0.6 is 15.9 Å². The maximum absolute atomic E-state index is 3.72. The summed E-state index contributed by atoms with van der Waals surface area (Å²) < 4.78 is 1.23. The summed E-state index contributed by atoms with van der Waals surface area (Å²) in [7, 11) is 0. The van der Waals surface area contributed by atoms with Crippen LogP contribution in [0.3, 0.4) is 0 Å². The molecule has 0 aliphatic heterocycles. The van der Waals surface area contributed by atoms with E-state index in [0.29, 0.717) is 6.04 Å². The van der Waals surface area contributed by atoms with Crippen molar-refractivity contribution >= 4 is 21.6 Å². The summed E-state index contributed by atoms with van der Waals surface area (Å²) in [6, 6.07) is 15.5. The second-order valence-corrected chi connectivity index (χ2v) is 6.07. The van der Waals surface area contributed by atoms with Crippen LogP contribution in [-0.2, 0) is 6.42 Å². The zero-order valence-corrected chi connectivity index (χ0v) is 12.7. The summed E-state index contributed by atoms with van der Waals surface area (Å²) in [5, 5.41) is 3.72. The van der Waals surface area contributed by atoms with Crippen molar-refractivity contribution < 1.29 is 0 Å². The van der Waals surface area contributed by atoms with E-state index >= 15 is 0 Å². The van der Waals surface area contributed by atoms with Crippen molar-refractivity contribution in [2.45, 2.75) is 32.2 Å². The predicted octanol–water partition coefficient (Wildman–Crippen LogP) is 5.25. The number of aryl methyl sites for hydroxylation is 2. The Morgan fingerprint density at radius 3 is 2.79 bits per heavy atom. The van der Waals surface area contributed by atoms with Crippen molar-refractivity contribution in [1.82, 2.24) is 0 Å². The molecule has 0 amide bonds. The highest BCUT2D eigenvalue weighted by atomic mass is 79.9. The van der Waals surface area contributed by atoms with Gasteiger partial charge in [0.1, 0.15) is 0 Å². The van der Waals surface area contributed by atoms with Gasteiger partial charge in [-0.3, -0.25) is 0 Å². The molecule has 0 radical (unpaired) electrons. The Hall–Kier alpha value is -1.28. The highest BCUT2D eigenvalue weighted by molar-refractivity contribution is 9.10. The van der Waals surface area contributed by atoms with Crippen LogP contribution in [-0.4, -0.2) is 0 Å². The number of nitrogens with one attached hydrogen (secondary N) is 1. The minimum atomic E-state index is 0.417. The van der Waals surface area contributed by atoms with Crippen LogP contribution < -0.4 is 5.32 Å². The molecular weight excluding hydrogens is 298 g/mol. The van der Waals surface area contributed by atoms with Gasteiger partial charge in [0.25, 0.3) is 0 Å². The van der Waals surface area contributed by atoms with E-state index < -0.39 is 0 Å². The highest BCUT2D eigenvalue weighted by Gasteiger charge is 2.22. The molecule has 1 nitrogen and oxygen atoms in total. The van der Waals surface area contributed by atoms with Crippen molar-refractivity contribution in [2.75, 3.05) is 5.32 Å². The lowest BCUT2D eigenvalue weighted by molar-refractivity contribution is 0.597. The first kappa shape index (κ1) is 12.7. The number of hydrogen-bond acceptors (Lipinski definition) is 1. The van der Waals surface area contributed by atoms with E-state index in [4.69, 9.17) is 0 Å². The van der Waals surface area contributed by atoms with Crippen LogP contribution in [0, 0.1) is 6.92 Å². The lowest BCUT2D eigenvalue weighted by Gasteiger charge is -2.29. The molecule has 0 aromatic heterocycles. The number of para-hydroxylation sites is 1. The van der Waals surface area contributed by atoms with Gasteiger partial charge in [0.15, 0.2) is 0 Å². The summed E-state index contributed by atoms with van der Waals surface area (Å²) in [5.74, 6) is 0. The molecule has 1 aliphatic rings. The Morgan fingerprint density at radius 1 is 1.11 bits per heavy atom. The summed E-state index contributed by atoms with van der Waals surface area (Å²) in [6.07, 6.45) is 3.65. The molecule has 1 unspecified atom stereocenters. The second kappa shape index (κ2) is 5.38. The maximum Gasteiger partial charge on any atom is 0.0527 e. The Balaban J connectivity index is 1.94. The summed E-state index contributed by atoms with van der Waals surface area (Å²) in [6.45, 7) is 2.16. The highest BCUT2D eigenvalue weighted by Crippen LogP contribution is 2.37. The first-order valence-electron chi connectivity index (χ1n) is 6.85. The monoisotopic (exact) mass is 315 g/mol. The fraction of sp³-hybridized carbons (Fsp3) is 0.294. The fourth-order valence-electron chi connectivity index (χ4n) is 2.90. The average molecular weight is 316 g/mol. The molecule has 1 atom stereocenters. The summed E-state index contributed by atoms with van der Waals surface area (Å²) in [4.78, 5) is 0. The van der Waals surface area contributed by atoms with Gasteiger partial charge >= 0.3 is 0 Å². The van der Waals surface area contributed by atoms with Gasteiger partial charge in [-0.2, -0.15) is 0 Å². The number of halogens is 1. The molecule has 2 aromatic rings. The molecule has 3 rings (SSSR count). The van der Waals surface area contributed by atoms with Gasteiger partial charge in [-0.15, -0.1) is 0 Å². The average Bonchev–Trinajstić information content (AvgIpc) is 2.42. The molecule has 2 heteroatoms. The van der Waals surface area contributed by atoms with E-state index in [1.165, 1.54) is 46.1 Å². The minimum absolute atomic E-state index is 0.417. The van der Waals surface area contributed by atoms with E-state index in [2.05, 4.69) is 70.6 Å². The smallest absolute Gasteiger partial charge is 0.0527 e. The van der Waals surface area contributed by atoms with E-state index in [1.54, 1.807) is 0 Å². The lowest BCUT2D eigenvalue weighted by Crippen LogP contribution is -2.18. The van der Waals surface area contributed by atoms with Gasteiger partial charge < -0.3 is 5.32 Å². The zero-order valence-electron chi connectivity index (χ0n) is 11.1. The number of rotatable bonds is 2. The molecular formula is C17H18BrN. The molecule has 0 fully saturated rings. The molecule has 1 N–H and O–H groups in total. The summed E-state index contributed by atoms with van der Waals surface area (Å²) >= 11 is 3.71.